The minimum atomic E-state index is -0.551. The molecule has 0 saturated carbocycles. The lowest BCUT2D eigenvalue weighted by molar-refractivity contribution is 0.0536. The second kappa shape index (κ2) is 6.70. The molecule has 1 fully saturated rings. The number of hydrogen-bond donors (Lipinski definition) is 1. The Balaban J connectivity index is 1.77. The van der Waals surface area contributed by atoms with Crippen molar-refractivity contribution in [2.45, 2.75) is 12.8 Å². The van der Waals surface area contributed by atoms with Crippen LogP contribution in [0.3, 0.4) is 0 Å². The van der Waals surface area contributed by atoms with Crippen LogP contribution < -0.4 is 5.32 Å². The number of ether oxygens (including phenoxy) is 1. The molecule has 22 heavy (non-hydrogen) atoms. The molecule has 0 spiro atoms. The van der Waals surface area contributed by atoms with Crippen molar-refractivity contribution in [3.05, 3.63) is 48.0 Å². The third-order valence-electron chi connectivity index (χ3n) is 3.78. The summed E-state index contributed by atoms with van der Waals surface area (Å²) in [6.07, 6.45) is 5.29. The SMILES string of the molecule is O=C(NC[C@H]1CCCOC1)c1c(F)cccc1-n1cccn1. The first kappa shape index (κ1) is 14.7. The first-order valence-corrected chi connectivity index (χ1v) is 7.40. The zero-order valence-corrected chi connectivity index (χ0v) is 12.2. The molecule has 0 bridgehead atoms. The molecule has 2 heterocycles. The first-order valence-electron chi connectivity index (χ1n) is 7.40. The van der Waals surface area contributed by atoms with Crippen LogP contribution >= 0.6 is 0 Å². The molecule has 3 rings (SSSR count). The highest BCUT2D eigenvalue weighted by Crippen LogP contribution is 2.18. The molecule has 1 atom stereocenters. The van der Waals surface area contributed by atoms with Crippen LogP contribution in [0.2, 0.25) is 0 Å². The molecule has 1 saturated heterocycles. The summed E-state index contributed by atoms with van der Waals surface area (Å²) in [7, 11) is 0. The van der Waals surface area contributed by atoms with E-state index in [9.17, 15) is 9.18 Å². The van der Waals surface area contributed by atoms with Crippen molar-refractivity contribution < 1.29 is 13.9 Å². The van der Waals surface area contributed by atoms with Gasteiger partial charge in [-0.3, -0.25) is 4.79 Å². The van der Waals surface area contributed by atoms with Crippen molar-refractivity contribution in [1.82, 2.24) is 15.1 Å². The monoisotopic (exact) mass is 303 g/mol. The predicted octanol–water partition coefficient (Wildman–Crippen LogP) is 2.17. The summed E-state index contributed by atoms with van der Waals surface area (Å²) >= 11 is 0. The van der Waals surface area contributed by atoms with E-state index in [4.69, 9.17) is 4.74 Å². The first-order chi connectivity index (χ1) is 10.8. The van der Waals surface area contributed by atoms with E-state index in [1.54, 1.807) is 30.6 Å². The summed E-state index contributed by atoms with van der Waals surface area (Å²) in [4.78, 5) is 12.4. The zero-order valence-electron chi connectivity index (χ0n) is 12.2. The van der Waals surface area contributed by atoms with Crippen LogP contribution in [0.4, 0.5) is 4.39 Å². The number of nitrogens with zero attached hydrogens (tertiary/aromatic N) is 2. The van der Waals surface area contributed by atoms with Gasteiger partial charge < -0.3 is 10.1 Å². The van der Waals surface area contributed by atoms with Gasteiger partial charge in [0.05, 0.1) is 12.3 Å². The Morgan fingerprint density at radius 2 is 2.36 bits per heavy atom. The highest BCUT2D eigenvalue weighted by Gasteiger charge is 2.20. The molecule has 1 aliphatic heterocycles. The maximum Gasteiger partial charge on any atom is 0.256 e. The average molecular weight is 303 g/mol. The third-order valence-corrected chi connectivity index (χ3v) is 3.78. The maximum atomic E-state index is 14.1. The van der Waals surface area contributed by atoms with Gasteiger partial charge in [0.25, 0.3) is 5.91 Å². The summed E-state index contributed by atoms with van der Waals surface area (Å²) in [6.45, 7) is 1.91. The minimum absolute atomic E-state index is 0.0166. The zero-order chi connectivity index (χ0) is 15.4. The number of halogens is 1. The molecular formula is C16H18FN3O2. The van der Waals surface area contributed by atoms with Crippen molar-refractivity contribution in [3.8, 4) is 5.69 Å². The molecule has 0 radical (unpaired) electrons. The van der Waals surface area contributed by atoms with Crippen LogP contribution in [0.15, 0.2) is 36.7 Å². The van der Waals surface area contributed by atoms with Gasteiger partial charge in [-0.15, -0.1) is 0 Å². The molecule has 1 N–H and O–H groups in total. The van der Waals surface area contributed by atoms with Crippen LogP contribution in [0, 0.1) is 11.7 Å². The molecule has 1 aliphatic rings. The van der Waals surface area contributed by atoms with E-state index in [-0.39, 0.29) is 11.5 Å². The molecule has 1 aromatic heterocycles. The fourth-order valence-corrected chi connectivity index (χ4v) is 2.63. The number of benzene rings is 1. The fourth-order valence-electron chi connectivity index (χ4n) is 2.63. The summed E-state index contributed by atoms with van der Waals surface area (Å²) in [6, 6.07) is 6.25. The highest BCUT2D eigenvalue weighted by atomic mass is 19.1. The second-order valence-corrected chi connectivity index (χ2v) is 5.38. The van der Waals surface area contributed by atoms with Crippen LogP contribution in [-0.4, -0.2) is 35.4 Å². The van der Waals surface area contributed by atoms with E-state index in [2.05, 4.69) is 10.4 Å². The van der Waals surface area contributed by atoms with Crippen molar-refractivity contribution in [3.63, 3.8) is 0 Å². The van der Waals surface area contributed by atoms with E-state index >= 15 is 0 Å². The van der Waals surface area contributed by atoms with Crippen molar-refractivity contribution >= 4 is 5.91 Å². The standard InChI is InChI=1S/C16H18FN3O2/c17-13-5-1-6-14(20-8-3-7-19-20)15(13)16(21)18-10-12-4-2-9-22-11-12/h1,3,5-8,12H,2,4,9-11H2,(H,18,21)/t12-/m1/s1. The van der Waals surface area contributed by atoms with Crippen LogP contribution in [0.1, 0.15) is 23.2 Å². The number of nitrogens with one attached hydrogen (secondary N) is 1. The highest BCUT2D eigenvalue weighted by molar-refractivity contribution is 5.98. The summed E-state index contributed by atoms with van der Waals surface area (Å²) < 4.78 is 21.0. The molecule has 1 amide bonds. The Kier molecular flexibility index (Phi) is 4.48. The number of aromatic nitrogens is 2. The Labute approximate surface area is 128 Å². The van der Waals surface area contributed by atoms with E-state index in [1.807, 2.05) is 0 Å². The fraction of sp³-hybridized carbons (Fsp3) is 0.375. The number of rotatable bonds is 4. The molecule has 1 aromatic carbocycles. The van der Waals surface area contributed by atoms with Crippen LogP contribution in [0.25, 0.3) is 5.69 Å². The predicted molar refractivity (Wildman–Crippen MR) is 79.4 cm³/mol. The lowest BCUT2D eigenvalue weighted by atomic mass is 10.0. The van der Waals surface area contributed by atoms with Gasteiger partial charge in [-0.05, 0) is 37.0 Å². The lowest BCUT2D eigenvalue weighted by Crippen LogP contribution is -2.34. The number of hydrogen-bond acceptors (Lipinski definition) is 3. The Morgan fingerprint density at radius 3 is 3.09 bits per heavy atom. The van der Waals surface area contributed by atoms with Crippen molar-refractivity contribution in [1.29, 1.82) is 0 Å². The summed E-state index contributed by atoms with van der Waals surface area (Å²) in [5, 5.41) is 6.88. The van der Waals surface area contributed by atoms with E-state index in [1.165, 1.54) is 10.7 Å². The molecular weight excluding hydrogens is 285 g/mol. The minimum Gasteiger partial charge on any atom is -0.381 e. The van der Waals surface area contributed by atoms with Gasteiger partial charge >= 0.3 is 0 Å². The summed E-state index contributed by atoms with van der Waals surface area (Å²) in [5.74, 6) is -0.683. The lowest BCUT2D eigenvalue weighted by Gasteiger charge is -2.22. The van der Waals surface area contributed by atoms with Gasteiger partial charge in [-0.25, -0.2) is 9.07 Å². The average Bonchev–Trinajstić information content (AvgIpc) is 3.07. The van der Waals surface area contributed by atoms with Crippen LogP contribution in [0.5, 0.6) is 0 Å². The van der Waals surface area contributed by atoms with E-state index in [0.717, 1.165) is 19.4 Å². The number of carbonyl (C=O) groups excluding carboxylic acids is 1. The molecule has 116 valence electrons. The normalized spacial score (nSPS) is 18.1. The van der Waals surface area contributed by atoms with Gasteiger partial charge in [-0.2, -0.15) is 5.10 Å². The number of amides is 1. The Hall–Kier alpha value is -2.21. The van der Waals surface area contributed by atoms with Gasteiger partial charge in [0.1, 0.15) is 11.4 Å². The second-order valence-electron chi connectivity index (χ2n) is 5.38. The van der Waals surface area contributed by atoms with Gasteiger partial charge in [0.2, 0.25) is 0 Å². The van der Waals surface area contributed by atoms with Gasteiger partial charge in [-0.1, -0.05) is 6.07 Å². The van der Waals surface area contributed by atoms with Crippen molar-refractivity contribution in [2.24, 2.45) is 5.92 Å². The van der Waals surface area contributed by atoms with E-state index < -0.39 is 11.7 Å². The van der Waals surface area contributed by atoms with Gasteiger partial charge in [0, 0.05) is 25.5 Å². The van der Waals surface area contributed by atoms with E-state index in [0.29, 0.717) is 18.8 Å². The van der Waals surface area contributed by atoms with Gasteiger partial charge in [0.15, 0.2) is 0 Å². The molecule has 5 nitrogen and oxygen atoms in total. The Bertz CT molecular complexity index is 637. The van der Waals surface area contributed by atoms with Crippen LogP contribution in [-0.2, 0) is 4.74 Å². The molecule has 2 aromatic rings. The topological polar surface area (TPSA) is 56.1 Å². The van der Waals surface area contributed by atoms with Crippen molar-refractivity contribution in [2.75, 3.05) is 19.8 Å². The molecule has 6 heteroatoms. The third kappa shape index (κ3) is 3.17. The molecule has 0 aliphatic carbocycles. The maximum absolute atomic E-state index is 14.1. The smallest absolute Gasteiger partial charge is 0.256 e. The number of carbonyl (C=O) groups is 1. The quantitative estimate of drug-likeness (QED) is 0.942. The largest absolute Gasteiger partial charge is 0.381 e. The summed E-state index contributed by atoms with van der Waals surface area (Å²) in [5.41, 5.74) is 0.449. The molecule has 0 unspecified atom stereocenters. The Morgan fingerprint density at radius 1 is 1.45 bits per heavy atom.